The lowest BCUT2D eigenvalue weighted by Gasteiger charge is -2.26. The van der Waals surface area contributed by atoms with Crippen molar-refractivity contribution in [3.05, 3.63) is 42.5 Å². The molecule has 0 aliphatic carbocycles. The van der Waals surface area contributed by atoms with Gasteiger partial charge < -0.3 is 9.47 Å². The third kappa shape index (κ3) is 5.16. The molecule has 0 amide bonds. The van der Waals surface area contributed by atoms with Gasteiger partial charge in [-0.3, -0.25) is 0 Å². The molecule has 0 N–H and O–H groups in total. The quantitative estimate of drug-likeness (QED) is 0.667. The van der Waals surface area contributed by atoms with E-state index in [0.717, 1.165) is 17.6 Å². The highest BCUT2D eigenvalue weighted by molar-refractivity contribution is 5.63. The molecule has 0 aromatic heterocycles. The fraction of sp³-hybridized carbons (Fsp3) is 0.467. The Bertz CT molecular complexity index is 341. The van der Waals surface area contributed by atoms with Gasteiger partial charge in [0.15, 0.2) is 5.79 Å². The average Bonchev–Trinajstić information content (AvgIpc) is 2.35. The molecule has 0 saturated carbocycles. The van der Waals surface area contributed by atoms with Gasteiger partial charge in [-0.1, -0.05) is 43.8 Å². The molecule has 0 spiro atoms. The van der Waals surface area contributed by atoms with Gasteiger partial charge in [-0.25, -0.2) is 0 Å². The van der Waals surface area contributed by atoms with Gasteiger partial charge in [0.2, 0.25) is 0 Å². The first-order valence-corrected chi connectivity index (χ1v) is 6.06. The first kappa shape index (κ1) is 13.9. The van der Waals surface area contributed by atoms with E-state index in [-0.39, 0.29) is 0 Å². The summed E-state index contributed by atoms with van der Waals surface area (Å²) in [6.45, 7) is 11.2. The molecule has 0 atom stereocenters. The van der Waals surface area contributed by atoms with Crippen LogP contribution in [-0.4, -0.2) is 19.0 Å². The zero-order valence-electron chi connectivity index (χ0n) is 11.0. The molecule has 1 aromatic rings. The van der Waals surface area contributed by atoms with E-state index in [1.807, 2.05) is 44.2 Å². The van der Waals surface area contributed by atoms with Crippen molar-refractivity contribution < 1.29 is 9.47 Å². The van der Waals surface area contributed by atoms with E-state index in [1.165, 1.54) is 0 Å². The highest BCUT2D eigenvalue weighted by atomic mass is 16.7. The molecule has 0 radical (unpaired) electrons. The van der Waals surface area contributed by atoms with Gasteiger partial charge in [-0.2, -0.15) is 0 Å². The predicted molar refractivity (Wildman–Crippen MR) is 71.8 cm³/mol. The van der Waals surface area contributed by atoms with Crippen molar-refractivity contribution in [2.24, 2.45) is 0 Å². The molecule has 1 aromatic carbocycles. The Kier molecular flexibility index (Phi) is 5.39. The van der Waals surface area contributed by atoms with Gasteiger partial charge in [0, 0.05) is 6.61 Å². The van der Waals surface area contributed by atoms with Crippen LogP contribution >= 0.6 is 0 Å². The maximum atomic E-state index is 5.73. The second kappa shape index (κ2) is 6.58. The third-order valence-electron chi connectivity index (χ3n) is 2.43. The summed E-state index contributed by atoms with van der Waals surface area (Å²) in [7, 11) is 0. The summed E-state index contributed by atoms with van der Waals surface area (Å²) in [6.07, 6.45) is 0.992. The predicted octanol–water partition coefficient (Wildman–Crippen LogP) is 3.88. The van der Waals surface area contributed by atoms with Crippen LogP contribution in [0.3, 0.4) is 0 Å². The maximum absolute atomic E-state index is 5.73. The molecule has 94 valence electrons. The van der Waals surface area contributed by atoms with Gasteiger partial charge in [-0.05, 0) is 31.4 Å². The topological polar surface area (TPSA) is 18.5 Å². The summed E-state index contributed by atoms with van der Waals surface area (Å²) >= 11 is 0. The van der Waals surface area contributed by atoms with Crippen LogP contribution in [0.1, 0.15) is 32.8 Å². The molecular weight excluding hydrogens is 212 g/mol. The Labute approximate surface area is 104 Å². The van der Waals surface area contributed by atoms with E-state index in [2.05, 4.69) is 13.5 Å². The van der Waals surface area contributed by atoms with Crippen molar-refractivity contribution >= 4 is 5.57 Å². The van der Waals surface area contributed by atoms with Gasteiger partial charge in [-0.15, -0.1) is 0 Å². The Hall–Kier alpha value is -1.12. The van der Waals surface area contributed by atoms with Gasteiger partial charge in [0.1, 0.15) is 0 Å². The highest BCUT2D eigenvalue weighted by Crippen LogP contribution is 2.17. The molecule has 2 nitrogen and oxygen atoms in total. The fourth-order valence-electron chi connectivity index (χ4n) is 1.41. The summed E-state index contributed by atoms with van der Waals surface area (Å²) in [5, 5.41) is 0. The molecular formula is C15H22O2. The van der Waals surface area contributed by atoms with Crippen LogP contribution in [0.25, 0.3) is 5.57 Å². The fourth-order valence-corrected chi connectivity index (χ4v) is 1.41. The minimum Gasteiger partial charge on any atom is -0.351 e. The number of rotatable bonds is 7. The molecule has 0 aliphatic rings. The third-order valence-corrected chi connectivity index (χ3v) is 2.43. The van der Waals surface area contributed by atoms with Crippen LogP contribution in [0, 0.1) is 0 Å². The van der Waals surface area contributed by atoms with Crippen LogP contribution in [0.2, 0.25) is 0 Å². The second-order valence-corrected chi connectivity index (χ2v) is 4.51. The first-order chi connectivity index (χ1) is 8.05. The average molecular weight is 234 g/mol. The van der Waals surface area contributed by atoms with Crippen LogP contribution in [0.15, 0.2) is 36.9 Å². The number of ether oxygens (including phenoxy) is 2. The van der Waals surface area contributed by atoms with E-state index >= 15 is 0 Å². The Balaban J connectivity index is 2.43. The monoisotopic (exact) mass is 234 g/mol. The SMILES string of the molecule is C=C(COC(C)(C)OCCC)c1ccccc1. The lowest BCUT2D eigenvalue weighted by atomic mass is 10.1. The Morgan fingerprint density at radius 3 is 2.41 bits per heavy atom. The highest BCUT2D eigenvalue weighted by Gasteiger charge is 2.18. The zero-order chi connectivity index (χ0) is 12.7. The summed E-state index contributed by atoms with van der Waals surface area (Å²) in [5.41, 5.74) is 2.08. The van der Waals surface area contributed by atoms with Crippen molar-refractivity contribution in [1.29, 1.82) is 0 Å². The normalized spacial score (nSPS) is 11.5. The van der Waals surface area contributed by atoms with Crippen molar-refractivity contribution in [3.63, 3.8) is 0 Å². The smallest absolute Gasteiger partial charge is 0.163 e. The second-order valence-electron chi connectivity index (χ2n) is 4.51. The van der Waals surface area contributed by atoms with Crippen molar-refractivity contribution in [3.8, 4) is 0 Å². The Morgan fingerprint density at radius 2 is 1.82 bits per heavy atom. The number of hydrogen-bond acceptors (Lipinski definition) is 2. The summed E-state index contributed by atoms with van der Waals surface area (Å²) in [5.74, 6) is -0.548. The van der Waals surface area contributed by atoms with E-state index in [0.29, 0.717) is 13.2 Å². The van der Waals surface area contributed by atoms with Crippen LogP contribution in [0.5, 0.6) is 0 Å². The van der Waals surface area contributed by atoms with E-state index in [4.69, 9.17) is 9.47 Å². The molecule has 0 fully saturated rings. The molecule has 2 heteroatoms. The lowest BCUT2D eigenvalue weighted by Crippen LogP contribution is -2.29. The minimum absolute atomic E-state index is 0.487. The first-order valence-electron chi connectivity index (χ1n) is 6.06. The molecule has 0 bridgehead atoms. The summed E-state index contributed by atoms with van der Waals surface area (Å²) in [4.78, 5) is 0. The lowest BCUT2D eigenvalue weighted by molar-refractivity contribution is -0.205. The van der Waals surface area contributed by atoms with Gasteiger partial charge in [0.05, 0.1) is 6.61 Å². The summed E-state index contributed by atoms with van der Waals surface area (Å²) in [6, 6.07) is 10.1. The van der Waals surface area contributed by atoms with Crippen molar-refractivity contribution in [1.82, 2.24) is 0 Å². The van der Waals surface area contributed by atoms with E-state index in [1.54, 1.807) is 0 Å². The van der Waals surface area contributed by atoms with Crippen LogP contribution < -0.4 is 0 Å². The van der Waals surface area contributed by atoms with Gasteiger partial charge in [0.25, 0.3) is 0 Å². The zero-order valence-corrected chi connectivity index (χ0v) is 11.0. The molecule has 17 heavy (non-hydrogen) atoms. The van der Waals surface area contributed by atoms with Gasteiger partial charge >= 0.3 is 0 Å². The van der Waals surface area contributed by atoms with Crippen molar-refractivity contribution in [2.45, 2.75) is 33.0 Å². The molecule has 0 saturated heterocycles. The standard InChI is InChI=1S/C15H22O2/c1-5-11-16-15(3,4)17-12-13(2)14-9-7-6-8-10-14/h6-10H,2,5,11-12H2,1,3-4H3. The molecule has 1 rings (SSSR count). The summed E-state index contributed by atoms with van der Waals surface area (Å²) < 4.78 is 11.3. The van der Waals surface area contributed by atoms with E-state index < -0.39 is 5.79 Å². The Morgan fingerprint density at radius 1 is 1.18 bits per heavy atom. The van der Waals surface area contributed by atoms with Crippen LogP contribution in [-0.2, 0) is 9.47 Å². The molecule has 0 unspecified atom stereocenters. The maximum Gasteiger partial charge on any atom is 0.163 e. The minimum atomic E-state index is -0.548. The molecule has 0 aliphatic heterocycles. The van der Waals surface area contributed by atoms with Crippen LogP contribution in [0.4, 0.5) is 0 Å². The number of hydrogen-bond donors (Lipinski definition) is 0. The molecule has 0 heterocycles. The largest absolute Gasteiger partial charge is 0.351 e. The van der Waals surface area contributed by atoms with Crippen molar-refractivity contribution in [2.75, 3.05) is 13.2 Å². The number of benzene rings is 1. The van der Waals surface area contributed by atoms with E-state index in [9.17, 15) is 0 Å².